The molecule has 0 fully saturated rings. The lowest BCUT2D eigenvalue weighted by atomic mass is 9.99. The number of aromatic nitrogens is 1. The van der Waals surface area contributed by atoms with Gasteiger partial charge in [0, 0.05) is 5.56 Å². The topological polar surface area (TPSA) is 43.1 Å². The predicted molar refractivity (Wildman–Crippen MR) is 56.8 cm³/mol. The summed E-state index contributed by atoms with van der Waals surface area (Å²) in [5.74, 6) is 0. The van der Waals surface area contributed by atoms with E-state index in [1.807, 2.05) is 32.0 Å². The second-order valence-electron chi connectivity index (χ2n) is 3.48. The Bertz CT molecular complexity index is 500. The number of benzene rings is 1. The van der Waals surface area contributed by atoms with Crippen molar-refractivity contribution in [2.75, 3.05) is 0 Å². The zero-order valence-electron chi connectivity index (χ0n) is 8.65. The molecule has 2 aromatic rings. The van der Waals surface area contributed by atoms with Crippen LogP contribution >= 0.6 is 0 Å². The molecule has 0 saturated heterocycles. The van der Waals surface area contributed by atoms with Crippen LogP contribution in [-0.2, 0) is 0 Å². The summed E-state index contributed by atoms with van der Waals surface area (Å²) in [6.07, 6.45) is 2.12. The van der Waals surface area contributed by atoms with Gasteiger partial charge in [-0.1, -0.05) is 23.4 Å². The van der Waals surface area contributed by atoms with Gasteiger partial charge in [-0.2, -0.15) is 0 Å². The van der Waals surface area contributed by atoms with Gasteiger partial charge in [0.2, 0.25) is 0 Å². The van der Waals surface area contributed by atoms with E-state index >= 15 is 0 Å². The van der Waals surface area contributed by atoms with Crippen LogP contribution in [0.5, 0.6) is 0 Å². The third-order valence-electron chi connectivity index (χ3n) is 2.58. The number of carbonyl (C=O) groups is 1. The molecule has 0 spiro atoms. The molecule has 0 amide bonds. The summed E-state index contributed by atoms with van der Waals surface area (Å²) >= 11 is 0. The van der Waals surface area contributed by atoms with Crippen LogP contribution in [0, 0.1) is 13.8 Å². The first-order valence-corrected chi connectivity index (χ1v) is 4.70. The van der Waals surface area contributed by atoms with Crippen LogP contribution in [0.2, 0.25) is 0 Å². The maximum absolute atomic E-state index is 10.8. The van der Waals surface area contributed by atoms with Crippen molar-refractivity contribution >= 4 is 6.29 Å². The predicted octanol–water partition coefficient (Wildman–Crippen LogP) is 2.77. The largest absolute Gasteiger partial charge is 0.363 e. The Morgan fingerprint density at radius 3 is 2.87 bits per heavy atom. The van der Waals surface area contributed by atoms with E-state index in [2.05, 4.69) is 5.16 Å². The van der Waals surface area contributed by atoms with E-state index in [9.17, 15) is 4.79 Å². The van der Waals surface area contributed by atoms with Gasteiger partial charge in [-0.25, -0.2) is 0 Å². The van der Waals surface area contributed by atoms with Gasteiger partial charge in [-0.05, 0) is 25.0 Å². The highest BCUT2D eigenvalue weighted by Crippen LogP contribution is 2.26. The summed E-state index contributed by atoms with van der Waals surface area (Å²) in [5, 5.41) is 3.85. The Kier molecular flexibility index (Phi) is 2.37. The van der Waals surface area contributed by atoms with Crippen LogP contribution in [0.1, 0.15) is 21.5 Å². The zero-order valence-corrected chi connectivity index (χ0v) is 8.65. The summed E-state index contributed by atoms with van der Waals surface area (Å²) in [6, 6.07) is 5.91. The Hall–Kier alpha value is -1.90. The highest BCUT2D eigenvalue weighted by atomic mass is 16.5. The molecular formula is C12H11NO2. The van der Waals surface area contributed by atoms with Crippen molar-refractivity contribution in [2.45, 2.75) is 13.8 Å². The van der Waals surface area contributed by atoms with Crippen molar-refractivity contribution in [2.24, 2.45) is 0 Å². The van der Waals surface area contributed by atoms with Crippen LogP contribution in [0.4, 0.5) is 0 Å². The van der Waals surface area contributed by atoms with Gasteiger partial charge < -0.3 is 4.52 Å². The van der Waals surface area contributed by atoms with Gasteiger partial charge in [0.05, 0.1) is 5.56 Å². The second kappa shape index (κ2) is 3.69. The van der Waals surface area contributed by atoms with Gasteiger partial charge in [-0.3, -0.25) is 4.79 Å². The van der Waals surface area contributed by atoms with Crippen molar-refractivity contribution in [1.29, 1.82) is 0 Å². The fourth-order valence-electron chi connectivity index (χ4n) is 1.54. The number of nitrogens with zero attached hydrogens (tertiary/aromatic N) is 1. The van der Waals surface area contributed by atoms with Crippen LogP contribution in [-0.4, -0.2) is 11.4 Å². The average molecular weight is 201 g/mol. The number of aldehydes is 1. The summed E-state index contributed by atoms with van der Waals surface area (Å²) in [5.41, 5.74) is 4.35. The molecule has 1 heterocycles. The van der Waals surface area contributed by atoms with E-state index < -0.39 is 0 Å². The third kappa shape index (κ3) is 1.56. The lowest BCUT2D eigenvalue weighted by Crippen LogP contribution is -1.90. The molecule has 0 atom stereocenters. The van der Waals surface area contributed by atoms with Gasteiger partial charge in [0.25, 0.3) is 0 Å². The summed E-state index contributed by atoms with van der Waals surface area (Å²) < 4.78 is 4.80. The number of aryl methyl sites for hydroxylation is 1. The molecule has 2 rings (SSSR count). The highest BCUT2D eigenvalue weighted by Gasteiger charge is 2.12. The lowest BCUT2D eigenvalue weighted by Gasteiger charge is -2.05. The standard InChI is InChI=1S/C12H11NO2/c1-8-4-3-5-11(9(8)2)12-10(6-14)7-15-13-12/h3-7H,1-2H3. The normalized spacial score (nSPS) is 10.3. The molecule has 3 nitrogen and oxygen atoms in total. The Morgan fingerprint density at radius 2 is 2.13 bits per heavy atom. The molecule has 0 aliphatic rings. The quantitative estimate of drug-likeness (QED) is 0.701. The van der Waals surface area contributed by atoms with E-state index in [0.29, 0.717) is 11.3 Å². The van der Waals surface area contributed by atoms with E-state index in [4.69, 9.17) is 4.52 Å². The number of hydrogen-bond acceptors (Lipinski definition) is 3. The summed E-state index contributed by atoms with van der Waals surface area (Å²) in [7, 11) is 0. The second-order valence-corrected chi connectivity index (χ2v) is 3.48. The maximum atomic E-state index is 10.8. The van der Waals surface area contributed by atoms with Crippen molar-refractivity contribution in [3.8, 4) is 11.3 Å². The number of hydrogen-bond donors (Lipinski definition) is 0. The molecule has 0 radical (unpaired) electrons. The van der Waals surface area contributed by atoms with Crippen LogP contribution in [0.15, 0.2) is 29.0 Å². The zero-order chi connectivity index (χ0) is 10.8. The van der Waals surface area contributed by atoms with Crippen LogP contribution in [0.25, 0.3) is 11.3 Å². The van der Waals surface area contributed by atoms with Gasteiger partial charge in [0.15, 0.2) is 6.29 Å². The minimum Gasteiger partial charge on any atom is -0.363 e. The van der Waals surface area contributed by atoms with Crippen LogP contribution < -0.4 is 0 Å². The van der Waals surface area contributed by atoms with Crippen molar-refractivity contribution in [3.05, 3.63) is 41.2 Å². The van der Waals surface area contributed by atoms with Crippen molar-refractivity contribution in [3.63, 3.8) is 0 Å². The monoisotopic (exact) mass is 201 g/mol. The van der Waals surface area contributed by atoms with E-state index in [1.54, 1.807) is 0 Å². The number of rotatable bonds is 2. The Morgan fingerprint density at radius 1 is 1.33 bits per heavy atom. The minimum absolute atomic E-state index is 0.490. The summed E-state index contributed by atoms with van der Waals surface area (Å²) in [4.78, 5) is 10.8. The SMILES string of the molecule is Cc1cccc(-c2nocc2C=O)c1C. The number of carbonyl (C=O) groups excluding carboxylic acids is 1. The average Bonchev–Trinajstić information content (AvgIpc) is 2.70. The van der Waals surface area contributed by atoms with Crippen LogP contribution in [0.3, 0.4) is 0 Å². The fourth-order valence-corrected chi connectivity index (χ4v) is 1.54. The van der Waals surface area contributed by atoms with Gasteiger partial charge in [0.1, 0.15) is 12.0 Å². The molecule has 0 N–H and O–H groups in total. The van der Waals surface area contributed by atoms with E-state index in [1.165, 1.54) is 11.8 Å². The lowest BCUT2D eigenvalue weighted by molar-refractivity contribution is 0.112. The van der Waals surface area contributed by atoms with Gasteiger partial charge in [-0.15, -0.1) is 0 Å². The molecular weight excluding hydrogens is 190 g/mol. The first-order chi connectivity index (χ1) is 7.24. The molecule has 3 heteroatoms. The first-order valence-electron chi connectivity index (χ1n) is 4.70. The third-order valence-corrected chi connectivity index (χ3v) is 2.58. The molecule has 0 aliphatic heterocycles. The van der Waals surface area contributed by atoms with Crippen molar-refractivity contribution in [1.82, 2.24) is 5.16 Å². The first kappa shape index (κ1) is 9.65. The van der Waals surface area contributed by atoms with E-state index in [0.717, 1.165) is 17.4 Å². The Balaban J connectivity index is 2.64. The molecule has 15 heavy (non-hydrogen) atoms. The summed E-state index contributed by atoms with van der Waals surface area (Å²) in [6.45, 7) is 4.04. The minimum atomic E-state index is 0.490. The fraction of sp³-hybridized carbons (Fsp3) is 0.167. The Labute approximate surface area is 87.7 Å². The van der Waals surface area contributed by atoms with Gasteiger partial charge >= 0.3 is 0 Å². The maximum Gasteiger partial charge on any atom is 0.155 e. The molecule has 1 aromatic carbocycles. The smallest absolute Gasteiger partial charge is 0.155 e. The molecule has 0 saturated carbocycles. The molecule has 0 bridgehead atoms. The molecule has 0 unspecified atom stereocenters. The molecule has 1 aromatic heterocycles. The molecule has 0 aliphatic carbocycles. The molecule has 76 valence electrons. The van der Waals surface area contributed by atoms with Crippen molar-refractivity contribution < 1.29 is 9.32 Å². The highest BCUT2D eigenvalue weighted by molar-refractivity contribution is 5.85. The van der Waals surface area contributed by atoms with E-state index in [-0.39, 0.29) is 0 Å².